The Balaban J connectivity index is 2.09. The van der Waals surface area contributed by atoms with E-state index in [-0.39, 0.29) is 0 Å². The summed E-state index contributed by atoms with van der Waals surface area (Å²) in [5.74, 6) is 1.49. The van der Waals surface area contributed by atoms with Crippen LogP contribution < -0.4 is 4.74 Å². The van der Waals surface area contributed by atoms with Crippen LogP contribution in [0, 0.1) is 17.2 Å². The average Bonchev–Trinajstić information content (AvgIpc) is 2.41. The Morgan fingerprint density at radius 3 is 2.84 bits per heavy atom. The molecule has 3 heteroatoms. The van der Waals surface area contributed by atoms with E-state index in [2.05, 4.69) is 30.9 Å². The monoisotopic (exact) mass is 258 g/mol. The summed E-state index contributed by atoms with van der Waals surface area (Å²) in [5.41, 5.74) is 1.82. The summed E-state index contributed by atoms with van der Waals surface area (Å²) >= 11 is 0. The highest BCUT2D eigenvalue weighted by molar-refractivity contribution is 5.45. The lowest BCUT2D eigenvalue weighted by Gasteiger charge is -2.36. The maximum Gasteiger partial charge on any atom is 0.136 e. The third-order valence-corrected chi connectivity index (χ3v) is 4.05. The largest absolute Gasteiger partial charge is 0.495 e. The van der Waals surface area contributed by atoms with Gasteiger partial charge < -0.3 is 4.74 Å². The fourth-order valence-electron chi connectivity index (χ4n) is 2.87. The first-order valence-electron chi connectivity index (χ1n) is 6.95. The van der Waals surface area contributed by atoms with Crippen molar-refractivity contribution in [2.24, 2.45) is 5.92 Å². The molecular weight excluding hydrogens is 236 g/mol. The fourth-order valence-corrected chi connectivity index (χ4v) is 2.87. The average molecular weight is 258 g/mol. The predicted octanol–water partition coefficient (Wildman–Crippen LogP) is 3.19. The molecule has 0 N–H and O–H groups in total. The standard InChI is InChI=1S/C16H22N2O/c1-12-6-7-18(13(2)8-12)11-14-4-5-16(19-3)15(9-14)10-17/h4-5,9,12-13H,6-8,11H2,1-3H3. The maximum absolute atomic E-state index is 9.12. The highest BCUT2D eigenvalue weighted by atomic mass is 16.5. The van der Waals surface area contributed by atoms with Gasteiger partial charge in [-0.1, -0.05) is 13.0 Å². The lowest BCUT2D eigenvalue weighted by molar-refractivity contribution is 0.122. The molecule has 0 spiro atoms. The Kier molecular flexibility index (Phi) is 4.44. The van der Waals surface area contributed by atoms with Gasteiger partial charge in [0.2, 0.25) is 0 Å². The molecular formula is C16H22N2O. The van der Waals surface area contributed by atoms with Crippen LogP contribution in [0.3, 0.4) is 0 Å². The number of nitrogens with zero attached hydrogens (tertiary/aromatic N) is 2. The molecule has 2 rings (SSSR count). The van der Waals surface area contributed by atoms with Crippen LogP contribution in [-0.4, -0.2) is 24.6 Å². The van der Waals surface area contributed by atoms with E-state index in [4.69, 9.17) is 10.00 Å². The second-order valence-corrected chi connectivity index (χ2v) is 5.60. The molecule has 0 amide bonds. The molecule has 19 heavy (non-hydrogen) atoms. The molecule has 0 radical (unpaired) electrons. The Hall–Kier alpha value is -1.53. The van der Waals surface area contributed by atoms with Crippen LogP contribution in [0.5, 0.6) is 5.75 Å². The van der Waals surface area contributed by atoms with Gasteiger partial charge in [-0.25, -0.2) is 0 Å². The zero-order valence-electron chi connectivity index (χ0n) is 12.0. The van der Waals surface area contributed by atoms with E-state index >= 15 is 0 Å². The van der Waals surface area contributed by atoms with Crippen molar-refractivity contribution in [3.63, 3.8) is 0 Å². The first-order valence-corrected chi connectivity index (χ1v) is 6.95. The van der Waals surface area contributed by atoms with Crippen molar-refractivity contribution in [1.29, 1.82) is 5.26 Å². The SMILES string of the molecule is COc1ccc(CN2CCC(C)CC2C)cc1C#N. The zero-order valence-corrected chi connectivity index (χ0v) is 12.0. The number of ether oxygens (including phenoxy) is 1. The highest BCUT2D eigenvalue weighted by Gasteiger charge is 2.22. The topological polar surface area (TPSA) is 36.3 Å². The van der Waals surface area contributed by atoms with Crippen molar-refractivity contribution < 1.29 is 4.74 Å². The van der Waals surface area contributed by atoms with Gasteiger partial charge in [0, 0.05) is 12.6 Å². The number of hydrogen-bond acceptors (Lipinski definition) is 3. The van der Waals surface area contributed by atoms with Gasteiger partial charge in [0.15, 0.2) is 0 Å². The van der Waals surface area contributed by atoms with Gasteiger partial charge in [-0.15, -0.1) is 0 Å². The Labute approximate surface area is 115 Å². The van der Waals surface area contributed by atoms with Crippen LogP contribution in [0.4, 0.5) is 0 Å². The smallest absolute Gasteiger partial charge is 0.136 e. The summed E-state index contributed by atoms with van der Waals surface area (Å²) in [6.45, 7) is 6.70. The van der Waals surface area contributed by atoms with E-state index in [1.54, 1.807) is 7.11 Å². The summed E-state index contributed by atoms with van der Waals surface area (Å²) in [6.07, 6.45) is 2.53. The van der Waals surface area contributed by atoms with Gasteiger partial charge in [0.05, 0.1) is 12.7 Å². The summed E-state index contributed by atoms with van der Waals surface area (Å²) < 4.78 is 5.18. The van der Waals surface area contributed by atoms with Gasteiger partial charge in [-0.3, -0.25) is 4.90 Å². The minimum absolute atomic E-state index is 0.622. The molecule has 0 bridgehead atoms. The van der Waals surface area contributed by atoms with Crippen molar-refractivity contribution in [2.45, 2.75) is 39.3 Å². The molecule has 0 saturated carbocycles. The van der Waals surface area contributed by atoms with Crippen molar-refractivity contribution in [2.75, 3.05) is 13.7 Å². The van der Waals surface area contributed by atoms with Gasteiger partial charge in [-0.2, -0.15) is 5.26 Å². The number of benzene rings is 1. The number of likely N-dealkylation sites (tertiary alicyclic amines) is 1. The van der Waals surface area contributed by atoms with E-state index in [9.17, 15) is 0 Å². The van der Waals surface area contributed by atoms with Crippen LogP contribution in [0.2, 0.25) is 0 Å². The van der Waals surface area contributed by atoms with Crippen molar-refractivity contribution >= 4 is 0 Å². The van der Waals surface area contributed by atoms with Gasteiger partial charge in [0.1, 0.15) is 11.8 Å². The molecule has 1 heterocycles. The van der Waals surface area contributed by atoms with E-state index < -0.39 is 0 Å². The third-order valence-electron chi connectivity index (χ3n) is 4.05. The summed E-state index contributed by atoms with van der Waals surface area (Å²) in [7, 11) is 1.60. The Morgan fingerprint density at radius 2 is 2.21 bits per heavy atom. The number of nitriles is 1. The summed E-state index contributed by atoms with van der Waals surface area (Å²) in [6, 6.07) is 8.72. The summed E-state index contributed by atoms with van der Waals surface area (Å²) in [4.78, 5) is 2.50. The minimum atomic E-state index is 0.622. The van der Waals surface area contributed by atoms with Crippen LogP contribution in [0.1, 0.15) is 37.8 Å². The van der Waals surface area contributed by atoms with Gasteiger partial charge >= 0.3 is 0 Å². The van der Waals surface area contributed by atoms with Crippen LogP contribution in [0.25, 0.3) is 0 Å². The van der Waals surface area contributed by atoms with E-state index in [1.807, 2.05) is 12.1 Å². The molecule has 1 saturated heterocycles. The number of hydrogen-bond donors (Lipinski definition) is 0. The Bertz CT molecular complexity index is 478. The van der Waals surface area contributed by atoms with Crippen LogP contribution in [-0.2, 0) is 6.54 Å². The second-order valence-electron chi connectivity index (χ2n) is 5.60. The van der Waals surface area contributed by atoms with Gasteiger partial charge in [0.25, 0.3) is 0 Å². The molecule has 0 aromatic heterocycles. The molecule has 1 aliphatic heterocycles. The first-order chi connectivity index (χ1) is 9.13. The quantitative estimate of drug-likeness (QED) is 0.835. The lowest BCUT2D eigenvalue weighted by Crippen LogP contribution is -2.39. The normalized spacial score (nSPS) is 23.9. The first kappa shape index (κ1) is 13.9. The molecule has 0 aliphatic carbocycles. The Morgan fingerprint density at radius 1 is 1.42 bits per heavy atom. The molecule has 1 aliphatic rings. The molecule has 1 aromatic rings. The maximum atomic E-state index is 9.12. The number of piperidine rings is 1. The lowest BCUT2D eigenvalue weighted by atomic mass is 9.93. The molecule has 2 unspecified atom stereocenters. The summed E-state index contributed by atoms with van der Waals surface area (Å²) in [5, 5.41) is 9.12. The van der Waals surface area contributed by atoms with Crippen molar-refractivity contribution in [3.05, 3.63) is 29.3 Å². The minimum Gasteiger partial charge on any atom is -0.495 e. The van der Waals surface area contributed by atoms with E-state index in [1.165, 1.54) is 18.4 Å². The van der Waals surface area contributed by atoms with Crippen LogP contribution in [0.15, 0.2) is 18.2 Å². The van der Waals surface area contributed by atoms with Crippen molar-refractivity contribution in [3.8, 4) is 11.8 Å². The zero-order chi connectivity index (χ0) is 13.8. The predicted molar refractivity (Wildman–Crippen MR) is 76.0 cm³/mol. The van der Waals surface area contributed by atoms with E-state index in [0.717, 1.165) is 19.0 Å². The number of rotatable bonds is 3. The molecule has 1 fully saturated rings. The van der Waals surface area contributed by atoms with Crippen LogP contribution >= 0.6 is 0 Å². The molecule has 1 aromatic carbocycles. The molecule has 102 valence electrons. The molecule has 3 nitrogen and oxygen atoms in total. The highest BCUT2D eigenvalue weighted by Crippen LogP contribution is 2.25. The van der Waals surface area contributed by atoms with E-state index in [0.29, 0.717) is 17.4 Å². The van der Waals surface area contributed by atoms with Gasteiger partial charge in [-0.05, 0) is 49.9 Å². The second kappa shape index (κ2) is 6.08. The van der Waals surface area contributed by atoms with Crippen molar-refractivity contribution in [1.82, 2.24) is 4.90 Å². The third kappa shape index (κ3) is 3.27. The molecule has 2 atom stereocenters. The fraction of sp³-hybridized carbons (Fsp3) is 0.562. The number of methoxy groups -OCH3 is 1.